The molecule has 2 aromatic rings. The van der Waals surface area contributed by atoms with Crippen molar-refractivity contribution in [3.8, 4) is 0 Å². The van der Waals surface area contributed by atoms with Gasteiger partial charge < -0.3 is 14.5 Å². The van der Waals surface area contributed by atoms with Gasteiger partial charge in [0.25, 0.3) is 5.91 Å². The molecule has 1 heterocycles. The molecule has 0 aliphatic carbocycles. The topological polar surface area (TPSA) is 51.5 Å². The van der Waals surface area contributed by atoms with Gasteiger partial charge in [-0.1, -0.05) is 32.9 Å². The van der Waals surface area contributed by atoms with Crippen LogP contribution in [0.2, 0.25) is 0 Å². The summed E-state index contributed by atoms with van der Waals surface area (Å²) in [5, 5.41) is 2.87. The predicted molar refractivity (Wildman–Crippen MR) is 85.9 cm³/mol. The summed E-state index contributed by atoms with van der Waals surface area (Å²) in [5.41, 5.74) is 1.92. The van der Waals surface area contributed by atoms with Crippen molar-refractivity contribution in [3.05, 3.63) is 59.5 Å². The number of carbonyl (C=O) groups is 1. The monoisotopic (exact) mass is 301 g/mol. The molecule has 1 N–H and O–H groups in total. The molecule has 118 valence electrons. The molecule has 2 rings (SSSR count). The molecule has 4 heteroatoms. The van der Waals surface area contributed by atoms with Crippen LogP contribution in [0.1, 0.15) is 48.6 Å². The third kappa shape index (κ3) is 3.98. The fourth-order valence-corrected chi connectivity index (χ4v) is 2.18. The first-order chi connectivity index (χ1) is 10.4. The molecular formula is C18H23NO3. The third-order valence-corrected chi connectivity index (χ3v) is 3.61. The van der Waals surface area contributed by atoms with E-state index in [1.54, 1.807) is 19.4 Å². The van der Waals surface area contributed by atoms with E-state index < -0.39 is 0 Å². The molecular weight excluding hydrogens is 278 g/mol. The van der Waals surface area contributed by atoms with Crippen LogP contribution in [-0.4, -0.2) is 19.6 Å². The Morgan fingerprint density at radius 2 is 1.91 bits per heavy atom. The summed E-state index contributed by atoms with van der Waals surface area (Å²) in [6, 6.07) is 11.3. The van der Waals surface area contributed by atoms with Crippen LogP contribution in [0.25, 0.3) is 0 Å². The van der Waals surface area contributed by atoms with Gasteiger partial charge in [-0.3, -0.25) is 4.79 Å². The number of methoxy groups -OCH3 is 1. The quantitative estimate of drug-likeness (QED) is 0.916. The average Bonchev–Trinajstić information content (AvgIpc) is 3.01. The van der Waals surface area contributed by atoms with Gasteiger partial charge in [0, 0.05) is 12.7 Å². The summed E-state index contributed by atoms with van der Waals surface area (Å²) in [6.07, 6.45) is 1.31. The first-order valence-electron chi connectivity index (χ1n) is 7.37. The predicted octanol–water partition coefficient (Wildman–Crippen LogP) is 3.69. The summed E-state index contributed by atoms with van der Waals surface area (Å²) >= 11 is 0. The van der Waals surface area contributed by atoms with Crippen LogP contribution in [0.3, 0.4) is 0 Å². The Morgan fingerprint density at radius 3 is 2.41 bits per heavy atom. The number of amides is 1. The average molecular weight is 301 g/mol. The third-order valence-electron chi connectivity index (χ3n) is 3.61. The zero-order valence-electron chi connectivity index (χ0n) is 13.6. The molecule has 0 fully saturated rings. The SMILES string of the molecule is COC(CNC(=O)c1ccc(C(C)(C)C)cc1)c1ccco1. The molecule has 0 aliphatic heterocycles. The van der Waals surface area contributed by atoms with Crippen LogP contribution in [0.4, 0.5) is 0 Å². The summed E-state index contributed by atoms with van der Waals surface area (Å²) in [7, 11) is 1.59. The van der Waals surface area contributed by atoms with E-state index in [1.807, 2.05) is 30.3 Å². The number of carbonyl (C=O) groups excluding carboxylic acids is 1. The number of ether oxygens (including phenoxy) is 1. The van der Waals surface area contributed by atoms with E-state index >= 15 is 0 Å². The van der Waals surface area contributed by atoms with Crippen LogP contribution in [0.5, 0.6) is 0 Å². The summed E-state index contributed by atoms with van der Waals surface area (Å²) in [6.45, 7) is 6.81. The van der Waals surface area contributed by atoms with E-state index in [4.69, 9.17) is 9.15 Å². The number of hydrogen-bond acceptors (Lipinski definition) is 3. The number of benzene rings is 1. The zero-order valence-corrected chi connectivity index (χ0v) is 13.6. The largest absolute Gasteiger partial charge is 0.467 e. The fourth-order valence-electron chi connectivity index (χ4n) is 2.18. The molecule has 0 bridgehead atoms. The van der Waals surface area contributed by atoms with E-state index in [9.17, 15) is 4.79 Å². The van der Waals surface area contributed by atoms with Gasteiger partial charge in [0.1, 0.15) is 11.9 Å². The number of hydrogen-bond donors (Lipinski definition) is 1. The number of furan rings is 1. The van der Waals surface area contributed by atoms with E-state index in [-0.39, 0.29) is 17.4 Å². The van der Waals surface area contributed by atoms with Crippen molar-refractivity contribution in [2.75, 3.05) is 13.7 Å². The molecule has 4 nitrogen and oxygen atoms in total. The van der Waals surface area contributed by atoms with Crippen molar-refractivity contribution >= 4 is 5.91 Å². The maximum Gasteiger partial charge on any atom is 0.251 e. The summed E-state index contributed by atoms with van der Waals surface area (Å²) in [4.78, 5) is 12.2. The van der Waals surface area contributed by atoms with Crippen molar-refractivity contribution in [2.45, 2.75) is 32.3 Å². The second-order valence-electron chi connectivity index (χ2n) is 6.28. The van der Waals surface area contributed by atoms with Crippen molar-refractivity contribution in [3.63, 3.8) is 0 Å². The molecule has 0 radical (unpaired) electrons. The number of nitrogens with one attached hydrogen (secondary N) is 1. The Morgan fingerprint density at radius 1 is 1.23 bits per heavy atom. The minimum absolute atomic E-state index is 0.0788. The van der Waals surface area contributed by atoms with Gasteiger partial charge in [-0.05, 0) is 35.2 Å². The normalized spacial score (nSPS) is 12.9. The molecule has 0 spiro atoms. The molecule has 0 aliphatic rings. The minimum atomic E-state index is -0.284. The smallest absolute Gasteiger partial charge is 0.251 e. The van der Waals surface area contributed by atoms with Crippen LogP contribution in [0.15, 0.2) is 47.1 Å². The molecule has 1 unspecified atom stereocenters. The van der Waals surface area contributed by atoms with Gasteiger partial charge in [0.2, 0.25) is 0 Å². The molecule has 1 aromatic heterocycles. The molecule has 0 saturated carbocycles. The highest BCUT2D eigenvalue weighted by molar-refractivity contribution is 5.94. The minimum Gasteiger partial charge on any atom is -0.467 e. The molecule has 1 atom stereocenters. The van der Waals surface area contributed by atoms with Crippen LogP contribution >= 0.6 is 0 Å². The highest BCUT2D eigenvalue weighted by Crippen LogP contribution is 2.22. The van der Waals surface area contributed by atoms with Gasteiger partial charge in [-0.25, -0.2) is 0 Å². The molecule has 0 saturated heterocycles. The van der Waals surface area contributed by atoms with E-state index in [2.05, 4.69) is 26.1 Å². The maximum atomic E-state index is 12.2. The molecule has 1 amide bonds. The highest BCUT2D eigenvalue weighted by atomic mass is 16.5. The number of rotatable bonds is 5. The Bertz CT molecular complexity index is 594. The lowest BCUT2D eigenvalue weighted by Crippen LogP contribution is -2.29. The van der Waals surface area contributed by atoms with E-state index in [0.29, 0.717) is 17.9 Å². The summed E-state index contributed by atoms with van der Waals surface area (Å²) < 4.78 is 10.6. The van der Waals surface area contributed by atoms with E-state index in [1.165, 1.54) is 5.56 Å². The van der Waals surface area contributed by atoms with Crippen LogP contribution < -0.4 is 5.32 Å². The maximum absolute atomic E-state index is 12.2. The fraction of sp³-hybridized carbons (Fsp3) is 0.389. The standard InChI is InChI=1S/C18H23NO3/c1-18(2,3)14-9-7-13(8-10-14)17(20)19-12-16(21-4)15-6-5-11-22-15/h5-11,16H,12H2,1-4H3,(H,19,20). The highest BCUT2D eigenvalue weighted by Gasteiger charge is 2.17. The lowest BCUT2D eigenvalue weighted by molar-refractivity contribution is 0.0738. The first kappa shape index (κ1) is 16.3. The molecule has 22 heavy (non-hydrogen) atoms. The van der Waals surface area contributed by atoms with Crippen molar-refractivity contribution in [1.82, 2.24) is 5.32 Å². The zero-order chi connectivity index (χ0) is 16.2. The Hall–Kier alpha value is -2.07. The Kier molecular flexibility index (Phi) is 5.03. The van der Waals surface area contributed by atoms with Gasteiger partial charge >= 0.3 is 0 Å². The van der Waals surface area contributed by atoms with E-state index in [0.717, 1.165) is 0 Å². The van der Waals surface area contributed by atoms with Crippen molar-refractivity contribution in [1.29, 1.82) is 0 Å². The lowest BCUT2D eigenvalue weighted by atomic mass is 9.87. The first-order valence-corrected chi connectivity index (χ1v) is 7.37. The van der Waals surface area contributed by atoms with Gasteiger partial charge in [-0.2, -0.15) is 0 Å². The second-order valence-corrected chi connectivity index (χ2v) is 6.28. The second kappa shape index (κ2) is 6.79. The molecule has 1 aromatic carbocycles. The van der Waals surface area contributed by atoms with Crippen LogP contribution in [0, 0.1) is 0 Å². The van der Waals surface area contributed by atoms with Gasteiger partial charge in [-0.15, -0.1) is 0 Å². The van der Waals surface area contributed by atoms with Gasteiger partial charge in [0.05, 0.1) is 12.8 Å². The lowest BCUT2D eigenvalue weighted by Gasteiger charge is -2.19. The Labute approximate surface area is 131 Å². The summed E-state index contributed by atoms with van der Waals surface area (Å²) in [5.74, 6) is 0.583. The van der Waals surface area contributed by atoms with Crippen molar-refractivity contribution in [2.24, 2.45) is 0 Å². The van der Waals surface area contributed by atoms with Crippen LogP contribution in [-0.2, 0) is 10.2 Å². The Balaban J connectivity index is 1.97. The van der Waals surface area contributed by atoms with Crippen molar-refractivity contribution < 1.29 is 13.9 Å². The van der Waals surface area contributed by atoms with Gasteiger partial charge in [0.15, 0.2) is 0 Å².